The zero-order valence-corrected chi connectivity index (χ0v) is 16.3. The molecule has 0 spiro atoms. The Bertz CT molecular complexity index is 944. The molecule has 0 aliphatic carbocycles. The number of hydrogen-bond acceptors (Lipinski definition) is 3. The van der Waals surface area contributed by atoms with Gasteiger partial charge in [-0.1, -0.05) is 54.1 Å². The fraction of sp³-hybridized carbons (Fsp3) is 0.286. The SMILES string of the molecule is CC1=C(Cc2ccccc2)C(=O)N2NC(C(F)(F)F)C(c3ccc(Cl)cc3)C2N1. The van der Waals surface area contributed by atoms with E-state index < -0.39 is 30.2 Å². The minimum Gasteiger partial charge on any atom is -0.367 e. The van der Waals surface area contributed by atoms with Gasteiger partial charge in [0.25, 0.3) is 5.91 Å². The third-order valence-electron chi connectivity index (χ3n) is 5.38. The fourth-order valence-electron chi connectivity index (χ4n) is 3.95. The van der Waals surface area contributed by atoms with E-state index in [0.717, 1.165) is 10.6 Å². The summed E-state index contributed by atoms with van der Waals surface area (Å²) in [5.74, 6) is -1.45. The highest BCUT2D eigenvalue weighted by Crippen LogP contribution is 2.41. The molecule has 2 aromatic carbocycles. The molecular formula is C21H19ClF3N3O. The van der Waals surface area contributed by atoms with Crippen molar-refractivity contribution in [3.05, 3.63) is 82.0 Å². The summed E-state index contributed by atoms with van der Waals surface area (Å²) in [5.41, 5.74) is 4.81. The molecule has 4 rings (SSSR count). The molecule has 3 atom stereocenters. The van der Waals surface area contributed by atoms with Crippen molar-refractivity contribution in [1.29, 1.82) is 0 Å². The second-order valence-electron chi connectivity index (χ2n) is 7.26. The van der Waals surface area contributed by atoms with E-state index >= 15 is 0 Å². The monoisotopic (exact) mass is 421 g/mol. The first-order chi connectivity index (χ1) is 13.8. The van der Waals surface area contributed by atoms with E-state index in [1.807, 2.05) is 30.3 Å². The molecule has 152 valence electrons. The Labute approximate surface area is 171 Å². The molecule has 0 aromatic heterocycles. The number of allylic oxidation sites excluding steroid dienone is 1. The number of halogens is 4. The van der Waals surface area contributed by atoms with E-state index in [4.69, 9.17) is 11.6 Å². The maximum absolute atomic E-state index is 13.8. The zero-order valence-electron chi connectivity index (χ0n) is 15.5. The second-order valence-corrected chi connectivity index (χ2v) is 7.69. The van der Waals surface area contributed by atoms with Crippen LogP contribution < -0.4 is 10.7 Å². The molecule has 0 radical (unpaired) electrons. The number of hydrogen-bond donors (Lipinski definition) is 2. The summed E-state index contributed by atoms with van der Waals surface area (Å²) < 4.78 is 41.4. The first-order valence-corrected chi connectivity index (χ1v) is 9.55. The third-order valence-corrected chi connectivity index (χ3v) is 5.63. The summed E-state index contributed by atoms with van der Waals surface area (Å²) in [4.78, 5) is 13.1. The van der Waals surface area contributed by atoms with Crippen LogP contribution in [0.1, 0.15) is 24.0 Å². The molecule has 1 fully saturated rings. The number of amides is 1. The maximum Gasteiger partial charge on any atom is 0.406 e. The molecule has 0 bridgehead atoms. The lowest BCUT2D eigenvalue weighted by Crippen LogP contribution is -2.55. The summed E-state index contributed by atoms with van der Waals surface area (Å²) in [5, 5.41) is 4.66. The molecule has 1 amide bonds. The number of benzene rings is 2. The lowest BCUT2D eigenvalue weighted by atomic mass is 9.88. The average Bonchev–Trinajstić information content (AvgIpc) is 3.06. The summed E-state index contributed by atoms with van der Waals surface area (Å²) in [7, 11) is 0. The van der Waals surface area contributed by atoms with Gasteiger partial charge in [0.1, 0.15) is 12.2 Å². The van der Waals surface area contributed by atoms with Gasteiger partial charge < -0.3 is 5.32 Å². The molecule has 4 nitrogen and oxygen atoms in total. The van der Waals surface area contributed by atoms with Gasteiger partial charge >= 0.3 is 6.18 Å². The van der Waals surface area contributed by atoms with E-state index in [1.165, 1.54) is 0 Å². The average molecular weight is 422 g/mol. The van der Waals surface area contributed by atoms with Gasteiger partial charge in [-0.05, 0) is 30.2 Å². The Morgan fingerprint density at radius 3 is 2.34 bits per heavy atom. The molecule has 1 saturated heterocycles. The lowest BCUT2D eigenvalue weighted by Gasteiger charge is -2.35. The molecule has 2 N–H and O–H groups in total. The van der Waals surface area contributed by atoms with Crippen LogP contribution in [0.2, 0.25) is 5.02 Å². The van der Waals surface area contributed by atoms with Crippen LogP contribution >= 0.6 is 11.6 Å². The Morgan fingerprint density at radius 2 is 1.72 bits per heavy atom. The van der Waals surface area contributed by atoms with Crippen LogP contribution in [0.4, 0.5) is 13.2 Å². The number of alkyl halides is 3. The molecule has 2 aliphatic rings. The summed E-state index contributed by atoms with van der Waals surface area (Å²) in [6.45, 7) is 1.73. The second kappa shape index (κ2) is 7.39. The van der Waals surface area contributed by atoms with Crippen molar-refractivity contribution in [3.8, 4) is 0 Å². The molecule has 2 aromatic rings. The van der Waals surface area contributed by atoms with Crippen LogP contribution in [0.3, 0.4) is 0 Å². The molecule has 3 unspecified atom stereocenters. The maximum atomic E-state index is 13.8. The fourth-order valence-corrected chi connectivity index (χ4v) is 4.08. The normalized spacial score (nSPS) is 24.5. The molecular weight excluding hydrogens is 403 g/mol. The van der Waals surface area contributed by atoms with Crippen molar-refractivity contribution in [2.75, 3.05) is 0 Å². The van der Waals surface area contributed by atoms with Crippen LogP contribution in [-0.4, -0.2) is 29.3 Å². The molecule has 0 saturated carbocycles. The van der Waals surface area contributed by atoms with Gasteiger partial charge in [-0.3, -0.25) is 9.80 Å². The van der Waals surface area contributed by atoms with Gasteiger partial charge in [0, 0.05) is 22.7 Å². The van der Waals surface area contributed by atoms with Gasteiger partial charge in [-0.2, -0.15) is 13.2 Å². The highest BCUT2D eigenvalue weighted by atomic mass is 35.5. The Balaban J connectivity index is 1.70. The number of fused-ring (bicyclic) bond motifs is 1. The minimum absolute atomic E-state index is 0.339. The van der Waals surface area contributed by atoms with Gasteiger partial charge in [0.15, 0.2) is 0 Å². The highest BCUT2D eigenvalue weighted by Gasteiger charge is 2.57. The summed E-state index contributed by atoms with van der Waals surface area (Å²) in [6.07, 6.45) is -5.04. The molecule has 2 aliphatic heterocycles. The first kappa shape index (κ1) is 19.8. The van der Waals surface area contributed by atoms with Gasteiger partial charge in [0.05, 0.1) is 5.92 Å². The lowest BCUT2D eigenvalue weighted by molar-refractivity contribution is -0.161. The van der Waals surface area contributed by atoms with Crippen LogP contribution in [0.15, 0.2) is 65.9 Å². The highest BCUT2D eigenvalue weighted by molar-refractivity contribution is 6.30. The molecule has 2 heterocycles. The topological polar surface area (TPSA) is 44.4 Å². The van der Waals surface area contributed by atoms with Crippen molar-refractivity contribution >= 4 is 17.5 Å². The first-order valence-electron chi connectivity index (χ1n) is 9.18. The Hall–Kier alpha value is -2.51. The predicted molar refractivity (Wildman–Crippen MR) is 104 cm³/mol. The number of nitrogens with one attached hydrogen (secondary N) is 2. The molecule has 29 heavy (non-hydrogen) atoms. The van der Waals surface area contributed by atoms with Crippen molar-refractivity contribution in [2.45, 2.75) is 37.6 Å². The number of carbonyl (C=O) groups excluding carboxylic acids is 1. The van der Waals surface area contributed by atoms with Crippen molar-refractivity contribution in [3.63, 3.8) is 0 Å². The number of nitrogens with zero attached hydrogens (tertiary/aromatic N) is 1. The smallest absolute Gasteiger partial charge is 0.367 e. The Morgan fingerprint density at radius 1 is 1.07 bits per heavy atom. The van der Waals surface area contributed by atoms with Crippen LogP contribution in [0.5, 0.6) is 0 Å². The minimum atomic E-state index is -4.53. The largest absolute Gasteiger partial charge is 0.406 e. The summed E-state index contributed by atoms with van der Waals surface area (Å²) in [6, 6.07) is 13.7. The van der Waals surface area contributed by atoms with E-state index in [0.29, 0.717) is 28.3 Å². The van der Waals surface area contributed by atoms with Gasteiger partial charge in [0.2, 0.25) is 0 Å². The quantitative estimate of drug-likeness (QED) is 0.782. The summed E-state index contributed by atoms with van der Waals surface area (Å²) >= 11 is 5.90. The molecule has 8 heteroatoms. The standard InChI is InChI=1S/C21H19ClF3N3O/c1-12-16(11-13-5-3-2-4-6-13)20(29)28-19(26-12)17(18(27-28)21(23,24)25)14-7-9-15(22)10-8-14/h2-10,17-19,26-27H,11H2,1H3. The van der Waals surface area contributed by atoms with E-state index in [1.54, 1.807) is 31.2 Å². The zero-order chi connectivity index (χ0) is 20.8. The van der Waals surface area contributed by atoms with Crippen molar-refractivity contribution in [1.82, 2.24) is 15.8 Å². The number of rotatable bonds is 3. The van der Waals surface area contributed by atoms with E-state index in [9.17, 15) is 18.0 Å². The van der Waals surface area contributed by atoms with Crippen LogP contribution in [0.25, 0.3) is 0 Å². The van der Waals surface area contributed by atoms with Crippen molar-refractivity contribution < 1.29 is 18.0 Å². The van der Waals surface area contributed by atoms with Crippen LogP contribution in [-0.2, 0) is 11.2 Å². The van der Waals surface area contributed by atoms with Crippen LogP contribution in [0, 0.1) is 0 Å². The van der Waals surface area contributed by atoms with Crippen molar-refractivity contribution in [2.24, 2.45) is 0 Å². The van der Waals surface area contributed by atoms with E-state index in [2.05, 4.69) is 10.7 Å². The predicted octanol–water partition coefficient (Wildman–Crippen LogP) is 4.15. The number of hydrazine groups is 1. The van der Waals surface area contributed by atoms with Gasteiger partial charge in [-0.25, -0.2) is 5.43 Å². The Kier molecular flexibility index (Phi) is 5.04. The third kappa shape index (κ3) is 3.72. The van der Waals surface area contributed by atoms with Gasteiger partial charge in [-0.15, -0.1) is 0 Å². The van der Waals surface area contributed by atoms with E-state index in [-0.39, 0.29) is 0 Å². The number of carbonyl (C=O) groups is 1.